The summed E-state index contributed by atoms with van der Waals surface area (Å²) < 4.78 is 5.71. The Bertz CT molecular complexity index is 652. The van der Waals surface area contributed by atoms with Gasteiger partial charge < -0.3 is 4.74 Å². The van der Waals surface area contributed by atoms with Crippen molar-refractivity contribution in [2.24, 2.45) is 5.92 Å². The maximum atomic E-state index is 13.1. The van der Waals surface area contributed by atoms with Crippen LogP contribution in [0.15, 0.2) is 36.5 Å². The van der Waals surface area contributed by atoms with E-state index in [0.29, 0.717) is 11.5 Å². The molecule has 0 radical (unpaired) electrons. The number of rotatable bonds is 3. The van der Waals surface area contributed by atoms with Gasteiger partial charge in [-0.15, -0.1) is 0 Å². The van der Waals surface area contributed by atoms with Crippen LogP contribution in [0.3, 0.4) is 0 Å². The lowest BCUT2D eigenvalue weighted by atomic mass is 9.75. The molecule has 21 heavy (non-hydrogen) atoms. The van der Waals surface area contributed by atoms with E-state index in [4.69, 9.17) is 4.74 Å². The van der Waals surface area contributed by atoms with Crippen LogP contribution in [-0.2, 0) is 4.74 Å². The summed E-state index contributed by atoms with van der Waals surface area (Å²) >= 11 is 0. The van der Waals surface area contributed by atoms with E-state index < -0.39 is 5.60 Å². The minimum atomic E-state index is -0.668. The van der Waals surface area contributed by atoms with Gasteiger partial charge in [0.1, 0.15) is 5.60 Å². The summed E-state index contributed by atoms with van der Waals surface area (Å²) in [6, 6.07) is 9.66. The Kier molecular flexibility index (Phi) is 3.77. The standard InChI is InChI=1S/C18H21NO2/c1-13-8-10-18(21-2,11-9-13)17(20)15-7-3-5-14-6-4-12-19-16(14)15/h3-7,12-13H,8-11H2,1-2H3. The topological polar surface area (TPSA) is 39.2 Å². The van der Waals surface area contributed by atoms with E-state index in [0.717, 1.165) is 36.6 Å². The zero-order chi connectivity index (χ0) is 14.9. The van der Waals surface area contributed by atoms with Gasteiger partial charge in [-0.05, 0) is 43.7 Å². The van der Waals surface area contributed by atoms with Crippen molar-refractivity contribution >= 4 is 16.7 Å². The van der Waals surface area contributed by atoms with Gasteiger partial charge in [-0.3, -0.25) is 9.78 Å². The highest BCUT2D eigenvalue weighted by molar-refractivity contribution is 6.10. The molecular weight excluding hydrogens is 262 g/mol. The third-order valence-corrected chi connectivity index (χ3v) is 4.76. The van der Waals surface area contributed by atoms with Crippen molar-refractivity contribution in [3.63, 3.8) is 0 Å². The van der Waals surface area contributed by atoms with Gasteiger partial charge in [-0.1, -0.05) is 25.1 Å². The Morgan fingerprint density at radius 3 is 2.67 bits per heavy atom. The van der Waals surface area contributed by atoms with Gasteiger partial charge in [0.2, 0.25) is 0 Å². The number of aromatic nitrogens is 1. The van der Waals surface area contributed by atoms with E-state index in [9.17, 15) is 4.79 Å². The van der Waals surface area contributed by atoms with E-state index in [1.165, 1.54) is 0 Å². The molecule has 0 N–H and O–H groups in total. The van der Waals surface area contributed by atoms with Crippen molar-refractivity contribution in [1.29, 1.82) is 0 Å². The molecule has 3 heteroatoms. The van der Waals surface area contributed by atoms with E-state index >= 15 is 0 Å². The number of ether oxygens (including phenoxy) is 1. The molecular formula is C18H21NO2. The van der Waals surface area contributed by atoms with Crippen molar-refractivity contribution in [3.05, 3.63) is 42.1 Å². The average molecular weight is 283 g/mol. The molecule has 0 bridgehead atoms. The third kappa shape index (κ3) is 2.46. The van der Waals surface area contributed by atoms with Crippen LogP contribution in [0.4, 0.5) is 0 Å². The summed E-state index contributed by atoms with van der Waals surface area (Å²) in [6.07, 6.45) is 5.41. The fourth-order valence-corrected chi connectivity index (χ4v) is 3.29. The number of carbonyl (C=O) groups excluding carboxylic acids is 1. The van der Waals surface area contributed by atoms with Crippen LogP contribution < -0.4 is 0 Å². The SMILES string of the molecule is COC1(C(=O)c2cccc3cccnc23)CCC(C)CC1. The lowest BCUT2D eigenvalue weighted by Crippen LogP contribution is -2.44. The molecule has 1 aliphatic rings. The normalized spacial score (nSPS) is 25.9. The second-order valence-corrected chi connectivity index (χ2v) is 6.09. The number of carbonyl (C=O) groups is 1. The molecule has 1 aromatic heterocycles. The van der Waals surface area contributed by atoms with Gasteiger partial charge >= 0.3 is 0 Å². The summed E-state index contributed by atoms with van der Waals surface area (Å²) in [7, 11) is 1.66. The average Bonchev–Trinajstić information content (AvgIpc) is 2.55. The number of fused-ring (bicyclic) bond motifs is 1. The van der Waals surface area contributed by atoms with Gasteiger partial charge in [-0.2, -0.15) is 0 Å². The largest absolute Gasteiger partial charge is 0.370 e. The summed E-state index contributed by atoms with van der Waals surface area (Å²) in [5.74, 6) is 0.757. The van der Waals surface area contributed by atoms with Gasteiger partial charge in [0.25, 0.3) is 0 Å². The zero-order valence-electron chi connectivity index (χ0n) is 12.6. The lowest BCUT2D eigenvalue weighted by Gasteiger charge is -2.37. The monoisotopic (exact) mass is 283 g/mol. The van der Waals surface area contributed by atoms with Gasteiger partial charge in [0, 0.05) is 24.3 Å². The van der Waals surface area contributed by atoms with Crippen molar-refractivity contribution < 1.29 is 9.53 Å². The van der Waals surface area contributed by atoms with Crippen molar-refractivity contribution in [2.75, 3.05) is 7.11 Å². The predicted octanol–water partition coefficient (Wildman–Crippen LogP) is 4.01. The summed E-state index contributed by atoms with van der Waals surface area (Å²) in [5, 5.41) is 0.999. The fraction of sp³-hybridized carbons (Fsp3) is 0.444. The lowest BCUT2D eigenvalue weighted by molar-refractivity contribution is -0.0262. The van der Waals surface area contributed by atoms with Gasteiger partial charge in [0.05, 0.1) is 5.52 Å². The Labute approximate surface area is 125 Å². The molecule has 1 heterocycles. The molecule has 1 aliphatic carbocycles. The zero-order valence-corrected chi connectivity index (χ0v) is 12.6. The first-order chi connectivity index (χ1) is 10.2. The minimum Gasteiger partial charge on any atom is -0.370 e. The van der Waals surface area contributed by atoms with Crippen LogP contribution in [0.25, 0.3) is 10.9 Å². The molecule has 1 aromatic carbocycles. The van der Waals surface area contributed by atoms with Crippen molar-refractivity contribution in [2.45, 2.75) is 38.2 Å². The van der Waals surface area contributed by atoms with E-state index in [1.807, 2.05) is 30.3 Å². The highest BCUT2D eigenvalue weighted by atomic mass is 16.5. The number of Topliss-reactive ketones (excluding diaryl/α,β-unsaturated/α-hetero) is 1. The molecule has 0 amide bonds. The molecule has 0 unspecified atom stereocenters. The highest BCUT2D eigenvalue weighted by Gasteiger charge is 2.42. The number of ketones is 1. The number of pyridine rings is 1. The second-order valence-electron chi connectivity index (χ2n) is 6.09. The maximum absolute atomic E-state index is 13.1. The first-order valence-electron chi connectivity index (χ1n) is 7.60. The molecule has 110 valence electrons. The summed E-state index contributed by atoms with van der Waals surface area (Å²) in [6.45, 7) is 2.24. The Hall–Kier alpha value is -1.74. The number of nitrogens with zero attached hydrogens (tertiary/aromatic N) is 1. The fourth-order valence-electron chi connectivity index (χ4n) is 3.29. The van der Waals surface area contributed by atoms with Gasteiger partial charge in [0.15, 0.2) is 5.78 Å². The summed E-state index contributed by atoms with van der Waals surface area (Å²) in [4.78, 5) is 17.5. The van der Waals surface area contributed by atoms with Crippen LogP contribution in [0.5, 0.6) is 0 Å². The van der Waals surface area contributed by atoms with Crippen LogP contribution in [0.1, 0.15) is 43.0 Å². The van der Waals surface area contributed by atoms with E-state index in [1.54, 1.807) is 13.3 Å². The van der Waals surface area contributed by atoms with Crippen molar-refractivity contribution in [3.8, 4) is 0 Å². The number of hydrogen-bond acceptors (Lipinski definition) is 3. The highest BCUT2D eigenvalue weighted by Crippen LogP contribution is 2.37. The quantitative estimate of drug-likeness (QED) is 0.799. The number of methoxy groups -OCH3 is 1. The van der Waals surface area contributed by atoms with Crippen LogP contribution in [0.2, 0.25) is 0 Å². The van der Waals surface area contributed by atoms with E-state index in [-0.39, 0.29) is 5.78 Å². The Morgan fingerprint density at radius 2 is 1.95 bits per heavy atom. The molecule has 0 saturated heterocycles. The van der Waals surface area contributed by atoms with Crippen LogP contribution >= 0.6 is 0 Å². The van der Waals surface area contributed by atoms with Crippen molar-refractivity contribution in [1.82, 2.24) is 4.98 Å². The first kappa shape index (κ1) is 14.2. The number of benzene rings is 1. The third-order valence-electron chi connectivity index (χ3n) is 4.76. The number of para-hydroxylation sites is 1. The predicted molar refractivity (Wildman–Crippen MR) is 83.4 cm³/mol. The molecule has 2 aromatic rings. The first-order valence-corrected chi connectivity index (χ1v) is 7.60. The molecule has 1 fully saturated rings. The molecule has 0 aliphatic heterocycles. The minimum absolute atomic E-state index is 0.0844. The van der Waals surface area contributed by atoms with Crippen LogP contribution in [0, 0.1) is 5.92 Å². The van der Waals surface area contributed by atoms with Crippen LogP contribution in [-0.4, -0.2) is 23.5 Å². The molecule has 0 spiro atoms. The second kappa shape index (κ2) is 5.57. The number of hydrogen-bond donors (Lipinski definition) is 0. The smallest absolute Gasteiger partial charge is 0.196 e. The molecule has 0 atom stereocenters. The summed E-state index contributed by atoms with van der Waals surface area (Å²) in [5.41, 5.74) is 0.794. The molecule has 1 saturated carbocycles. The van der Waals surface area contributed by atoms with Gasteiger partial charge in [-0.25, -0.2) is 0 Å². The Balaban J connectivity index is 2.03. The van der Waals surface area contributed by atoms with E-state index in [2.05, 4.69) is 11.9 Å². The Morgan fingerprint density at radius 1 is 1.24 bits per heavy atom. The maximum Gasteiger partial charge on any atom is 0.196 e. The molecule has 3 rings (SSSR count). The molecule has 3 nitrogen and oxygen atoms in total.